The highest BCUT2D eigenvalue weighted by Gasteiger charge is 2.13. The van der Waals surface area contributed by atoms with E-state index in [1.165, 1.54) is 24.3 Å². The summed E-state index contributed by atoms with van der Waals surface area (Å²) in [7, 11) is -4.29. The number of aromatic hydroxyl groups is 1. The van der Waals surface area contributed by atoms with Crippen LogP contribution in [-0.4, -0.2) is 18.1 Å². The first-order chi connectivity index (χ1) is 11.4. The molecule has 0 aliphatic rings. The summed E-state index contributed by atoms with van der Waals surface area (Å²) < 4.78 is 31.6. The van der Waals surface area contributed by atoms with Gasteiger partial charge in [-0.2, -0.15) is 13.5 Å². The molecule has 24 heavy (non-hydrogen) atoms. The standard InChI is InChI=1S/C17H14N2O4S/c1-11-4-2-3-5-15(11)18-19-17-14-8-7-13(24(21,22)23)10-12(14)6-9-16(17)20/h2-10,20H,1H3,(H,21,22,23). The van der Waals surface area contributed by atoms with E-state index in [-0.39, 0.29) is 16.3 Å². The van der Waals surface area contributed by atoms with E-state index in [0.29, 0.717) is 16.5 Å². The minimum Gasteiger partial charge on any atom is -0.506 e. The number of hydrogen-bond donors (Lipinski definition) is 2. The van der Waals surface area contributed by atoms with Crippen molar-refractivity contribution >= 4 is 32.3 Å². The summed E-state index contributed by atoms with van der Waals surface area (Å²) in [6, 6.07) is 14.4. The van der Waals surface area contributed by atoms with Crippen LogP contribution < -0.4 is 0 Å². The molecule has 0 spiro atoms. The van der Waals surface area contributed by atoms with Gasteiger partial charge in [0.05, 0.1) is 10.6 Å². The molecule has 0 atom stereocenters. The van der Waals surface area contributed by atoms with Crippen molar-refractivity contribution in [3.05, 3.63) is 60.2 Å². The predicted octanol–water partition coefficient (Wildman–Crippen LogP) is 4.52. The minimum atomic E-state index is -4.29. The predicted molar refractivity (Wildman–Crippen MR) is 90.8 cm³/mol. The number of fused-ring (bicyclic) bond motifs is 1. The Morgan fingerprint density at radius 3 is 2.42 bits per heavy atom. The first kappa shape index (κ1) is 16.1. The van der Waals surface area contributed by atoms with Crippen LogP contribution in [0.25, 0.3) is 10.8 Å². The summed E-state index contributed by atoms with van der Waals surface area (Å²) in [6.45, 7) is 1.90. The van der Waals surface area contributed by atoms with Crippen molar-refractivity contribution < 1.29 is 18.1 Å². The number of phenolic OH excluding ortho intramolecular Hbond substituents is 1. The van der Waals surface area contributed by atoms with E-state index >= 15 is 0 Å². The van der Waals surface area contributed by atoms with Crippen molar-refractivity contribution in [2.45, 2.75) is 11.8 Å². The van der Waals surface area contributed by atoms with Crippen LogP contribution in [0.2, 0.25) is 0 Å². The van der Waals surface area contributed by atoms with Gasteiger partial charge in [0.15, 0.2) is 0 Å². The SMILES string of the molecule is Cc1ccccc1N=Nc1c(O)ccc2cc(S(=O)(=O)O)ccc12. The molecule has 0 bridgehead atoms. The highest BCUT2D eigenvalue weighted by atomic mass is 32.2. The summed E-state index contributed by atoms with van der Waals surface area (Å²) >= 11 is 0. The number of nitrogens with zero attached hydrogens (tertiary/aromatic N) is 2. The van der Waals surface area contributed by atoms with Gasteiger partial charge >= 0.3 is 0 Å². The molecule has 0 heterocycles. The molecule has 3 aromatic carbocycles. The average molecular weight is 342 g/mol. The molecule has 7 heteroatoms. The summed E-state index contributed by atoms with van der Waals surface area (Å²) in [5.74, 6) is -0.0700. The Bertz CT molecular complexity index is 1060. The fourth-order valence-electron chi connectivity index (χ4n) is 2.33. The Balaban J connectivity index is 2.14. The molecule has 122 valence electrons. The third kappa shape index (κ3) is 3.12. The summed E-state index contributed by atoms with van der Waals surface area (Å²) in [5, 5.41) is 19.4. The smallest absolute Gasteiger partial charge is 0.294 e. The Morgan fingerprint density at radius 1 is 0.958 bits per heavy atom. The number of rotatable bonds is 3. The third-order valence-corrected chi connectivity index (χ3v) is 4.46. The van der Waals surface area contributed by atoms with E-state index in [1.54, 1.807) is 12.1 Å². The highest BCUT2D eigenvalue weighted by Crippen LogP contribution is 2.37. The van der Waals surface area contributed by atoms with E-state index in [1.807, 2.05) is 25.1 Å². The molecule has 2 N–H and O–H groups in total. The molecule has 0 saturated carbocycles. The van der Waals surface area contributed by atoms with Crippen LogP contribution >= 0.6 is 0 Å². The Labute approximate surface area is 138 Å². The van der Waals surface area contributed by atoms with Crippen LogP contribution in [0, 0.1) is 6.92 Å². The normalized spacial score (nSPS) is 12.1. The van der Waals surface area contributed by atoms with Crippen molar-refractivity contribution in [1.82, 2.24) is 0 Å². The largest absolute Gasteiger partial charge is 0.506 e. The van der Waals surface area contributed by atoms with E-state index in [4.69, 9.17) is 4.55 Å². The summed E-state index contributed by atoms with van der Waals surface area (Å²) in [5.41, 5.74) is 1.84. The zero-order valence-electron chi connectivity index (χ0n) is 12.7. The average Bonchev–Trinajstić information content (AvgIpc) is 2.54. The first-order valence-electron chi connectivity index (χ1n) is 7.07. The van der Waals surface area contributed by atoms with E-state index in [0.717, 1.165) is 5.56 Å². The van der Waals surface area contributed by atoms with Gasteiger partial charge < -0.3 is 5.11 Å². The van der Waals surface area contributed by atoms with Gasteiger partial charge in [-0.15, -0.1) is 5.11 Å². The van der Waals surface area contributed by atoms with Crippen LogP contribution in [0.3, 0.4) is 0 Å². The number of phenols is 1. The molecule has 0 saturated heterocycles. The minimum absolute atomic E-state index is 0.0700. The fourth-order valence-corrected chi connectivity index (χ4v) is 2.84. The summed E-state index contributed by atoms with van der Waals surface area (Å²) in [6.07, 6.45) is 0. The lowest BCUT2D eigenvalue weighted by Gasteiger charge is -2.06. The Kier molecular flexibility index (Phi) is 4.04. The molecule has 0 unspecified atom stereocenters. The molecule has 0 amide bonds. The molecule has 3 aromatic rings. The number of benzene rings is 3. The molecule has 0 aliphatic heterocycles. The zero-order chi connectivity index (χ0) is 17.3. The maximum atomic E-state index is 11.2. The lowest BCUT2D eigenvalue weighted by molar-refractivity contribution is 0.477. The monoisotopic (exact) mass is 342 g/mol. The molecule has 0 aliphatic carbocycles. The second-order valence-corrected chi connectivity index (χ2v) is 6.70. The van der Waals surface area contributed by atoms with Gasteiger partial charge in [-0.05, 0) is 42.1 Å². The zero-order valence-corrected chi connectivity index (χ0v) is 13.5. The van der Waals surface area contributed by atoms with Gasteiger partial charge in [0, 0.05) is 5.39 Å². The fraction of sp³-hybridized carbons (Fsp3) is 0.0588. The number of aryl methyl sites for hydroxylation is 1. The van der Waals surface area contributed by atoms with Crippen LogP contribution in [0.1, 0.15) is 5.56 Å². The first-order valence-corrected chi connectivity index (χ1v) is 8.51. The van der Waals surface area contributed by atoms with Gasteiger partial charge in [-0.25, -0.2) is 0 Å². The maximum Gasteiger partial charge on any atom is 0.294 e. The van der Waals surface area contributed by atoms with Crippen molar-refractivity contribution in [3.63, 3.8) is 0 Å². The second-order valence-electron chi connectivity index (χ2n) is 5.28. The van der Waals surface area contributed by atoms with Gasteiger partial charge in [0.25, 0.3) is 10.1 Å². The maximum absolute atomic E-state index is 11.2. The molecule has 3 rings (SSSR count). The highest BCUT2D eigenvalue weighted by molar-refractivity contribution is 7.85. The quantitative estimate of drug-likeness (QED) is 0.540. The molecular weight excluding hydrogens is 328 g/mol. The van der Waals surface area contributed by atoms with Crippen LogP contribution in [0.15, 0.2) is 69.7 Å². The number of hydrogen-bond acceptors (Lipinski definition) is 5. The van der Waals surface area contributed by atoms with Gasteiger partial charge in [0.2, 0.25) is 0 Å². The van der Waals surface area contributed by atoms with E-state index in [2.05, 4.69) is 10.2 Å². The molecule has 0 aromatic heterocycles. The number of azo groups is 1. The van der Waals surface area contributed by atoms with Crippen LogP contribution in [-0.2, 0) is 10.1 Å². The van der Waals surface area contributed by atoms with Crippen molar-refractivity contribution in [3.8, 4) is 5.75 Å². The van der Waals surface area contributed by atoms with Gasteiger partial charge in [0.1, 0.15) is 11.4 Å². The molecule has 0 radical (unpaired) electrons. The van der Waals surface area contributed by atoms with Crippen LogP contribution in [0.5, 0.6) is 5.75 Å². The van der Waals surface area contributed by atoms with Gasteiger partial charge in [-0.1, -0.05) is 30.3 Å². The summed E-state index contributed by atoms with van der Waals surface area (Å²) in [4.78, 5) is -0.220. The molecule has 0 fully saturated rings. The van der Waals surface area contributed by atoms with Crippen LogP contribution in [0.4, 0.5) is 11.4 Å². The second kappa shape index (κ2) is 6.03. The lowest BCUT2D eigenvalue weighted by atomic mass is 10.1. The van der Waals surface area contributed by atoms with E-state index in [9.17, 15) is 13.5 Å². The van der Waals surface area contributed by atoms with E-state index < -0.39 is 10.1 Å². The third-order valence-electron chi connectivity index (χ3n) is 3.61. The van der Waals surface area contributed by atoms with Gasteiger partial charge in [-0.3, -0.25) is 4.55 Å². The van der Waals surface area contributed by atoms with Crippen molar-refractivity contribution in [2.75, 3.05) is 0 Å². The topological polar surface area (TPSA) is 99.3 Å². The van der Waals surface area contributed by atoms with Crippen molar-refractivity contribution in [1.29, 1.82) is 0 Å². The lowest BCUT2D eigenvalue weighted by Crippen LogP contribution is -1.97. The van der Waals surface area contributed by atoms with Crippen molar-refractivity contribution in [2.24, 2.45) is 10.2 Å². The molecular formula is C17H14N2O4S. The Hall–Kier alpha value is -2.77. The molecule has 6 nitrogen and oxygen atoms in total. The Morgan fingerprint density at radius 2 is 1.71 bits per heavy atom.